The summed E-state index contributed by atoms with van der Waals surface area (Å²) in [7, 11) is 0. The number of carbonyl (C=O) groups excluding carboxylic acids is 1. The fourth-order valence-electron chi connectivity index (χ4n) is 5.41. The molecule has 0 bridgehead atoms. The molecule has 1 atom stereocenters. The molecule has 2 aromatic carbocycles. The molecule has 178 valence electrons. The van der Waals surface area contributed by atoms with E-state index < -0.39 is 0 Å². The predicted octanol–water partition coefficient (Wildman–Crippen LogP) is 6.95. The summed E-state index contributed by atoms with van der Waals surface area (Å²) >= 11 is 1.91. The summed E-state index contributed by atoms with van der Waals surface area (Å²) in [6.07, 6.45) is 6.84. The third kappa shape index (κ3) is 3.92. The van der Waals surface area contributed by atoms with E-state index in [1.165, 1.54) is 33.8 Å². The third-order valence-electron chi connectivity index (χ3n) is 6.98. The third-order valence-corrected chi connectivity index (χ3v) is 8.32. The quantitative estimate of drug-likeness (QED) is 0.341. The van der Waals surface area contributed by atoms with E-state index in [4.69, 9.17) is 4.74 Å². The van der Waals surface area contributed by atoms with Crippen molar-refractivity contribution in [3.63, 3.8) is 0 Å². The molecule has 4 aromatic rings. The molecule has 2 amide bonds. The van der Waals surface area contributed by atoms with Gasteiger partial charge in [0, 0.05) is 16.6 Å². The molecular formula is C29H29N3O2S. The monoisotopic (exact) mass is 483 g/mol. The first-order valence-electron chi connectivity index (χ1n) is 12.4. The number of benzene rings is 2. The molecule has 0 spiro atoms. The van der Waals surface area contributed by atoms with E-state index in [1.54, 1.807) is 0 Å². The number of thiophene rings is 1. The van der Waals surface area contributed by atoms with Crippen molar-refractivity contribution < 1.29 is 9.53 Å². The Morgan fingerprint density at radius 2 is 1.80 bits per heavy atom. The van der Waals surface area contributed by atoms with E-state index in [9.17, 15) is 4.79 Å². The molecule has 6 rings (SSSR count). The van der Waals surface area contributed by atoms with Crippen molar-refractivity contribution in [1.82, 2.24) is 9.47 Å². The molecule has 1 aliphatic carbocycles. The highest BCUT2D eigenvalue weighted by Gasteiger charge is 2.36. The summed E-state index contributed by atoms with van der Waals surface area (Å²) in [5, 5.41) is 4.44. The molecule has 2 aromatic heterocycles. The summed E-state index contributed by atoms with van der Waals surface area (Å²) < 4.78 is 8.10. The van der Waals surface area contributed by atoms with Gasteiger partial charge < -0.3 is 19.5 Å². The summed E-state index contributed by atoms with van der Waals surface area (Å²) in [6, 6.07) is 21.9. The number of fused-ring (bicyclic) bond motifs is 5. The van der Waals surface area contributed by atoms with Crippen molar-refractivity contribution in [2.24, 2.45) is 0 Å². The largest absolute Gasteiger partial charge is 0.492 e. The molecule has 3 heterocycles. The van der Waals surface area contributed by atoms with Crippen LogP contribution in [0.5, 0.6) is 5.75 Å². The van der Waals surface area contributed by atoms with E-state index in [2.05, 4.69) is 40.3 Å². The maximum Gasteiger partial charge on any atom is 0.323 e. The minimum atomic E-state index is -0.204. The van der Waals surface area contributed by atoms with Crippen LogP contribution in [0.15, 0.2) is 72.9 Å². The van der Waals surface area contributed by atoms with Gasteiger partial charge >= 0.3 is 6.03 Å². The maximum atomic E-state index is 14.0. The van der Waals surface area contributed by atoms with Crippen LogP contribution >= 0.6 is 11.3 Å². The van der Waals surface area contributed by atoms with Crippen LogP contribution in [-0.2, 0) is 19.4 Å². The van der Waals surface area contributed by atoms with Gasteiger partial charge in [-0.2, -0.15) is 0 Å². The Kier molecular flexibility index (Phi) is 5.82. The van der Waals surface area contributed by atoms with Gasteiger partial charge in [-0.15, -0.1) is 11.3 Å². The molecule has 0 saturated heterocycles. The van der Waals surface area contributed by atoms with Crippen molar-refractivity contribution in [1.29, 1.82) is 0 Å². The predicted molar refractivity (Wildman–Crippen MR) is 141 cm³/mol. The van der Waals surface area contributed by atoms with Crippen LogP contribution in [0, 0.1) is 0 Å². The molecule has 0 saturated carbocycles. The molecule has 1 aliphatic heterocycles. The summed E-state index contributed by atoms with van der Waals surface area (Å²) in [5.74, 6) is 0.686. The van der Waals surface area contributed by atoms with Crippen molar-refractivity contribution in [3.8, 4) is 10.8 Å². The van der Waals surface area contributed by atoms with E-state index in [-0.39, 0.29) is 12.1 Å². The Hall–Kier alpha value is -3.51. The highest BCUT2D eigenvalue weighted by molar-refractivity contribution is 7.15. The van der Waals surface area contributed by atoms with Gasteiger partial charge in [0.25, 0.3) is 0 Å². The second-order valence-corrected chi connectivity index (χ2v) is 10.2. The van der Waals surface area contributed by atoms with Gasteiger partial charge in [-0.05, 0) is 68.0 Å². The lowest BCUT2D eigenvalue weighted by molar-refractivity contribution is 0.194. The Morgan fingerprint density at radius 3 is 2.66 bits per heavy atom. The molecule has 0 fully saturated rings. The fourth-order valence-corrected chi connectivity index (χ4v) is 6.81. The molecule has 0 unspecified atom stereocenters. The van der Waals surface area contributed by atoms with Crippen LogP contribution in [0.2, 0.25) is 0 Å². The van der Waals surface area contributed by atoms with Crippen LogP contribution in [0.1, 0.15) is 53.1 Å². The number of aromatic nitrogens is 1. The maximum absolute atomic E-state index is 14.0. The lowest BCUT2D eigenvalue weighted by Crippen LogP contribution is -2.38. The smallest absolute Gasteiger partial charge is 0.323 e. The van der Waals surface area contributed by atoms with Gasteiger partial charge in [0.2, 0.25) is 0 Å². The van der Waals surface area contributed by atoms with Crippen molar-refractivity contribution in [2.75, 3.05) is 11.9 Å². The number of amides is 2. The van der Waals surface area contributed by atoms with Gasteiger partial charge in [-0.25, -0.2) is 4.79 Å². The van der Waals surface area contributed by atoms with Crippen LogP contribution in [0.4, 0.5) is 10.5 Å². The van der Waals surface area contributed by atoms with E-state index >= 15 is 0 Å². The number of urea groups is 1. The topological polar surface area (TPSA) is 46.5 Å². The van der Waals surface area contributed by atoms with Gasteiger partial charge in [-0.1, -0.05) is 42.5 Å². The van der Waals surface area contributed by atoms with Crippen LogP contribution in [0.25, 0.3) is 5.00 Å². The highest BCUT2D eigenvalue weighted by Crippen LogP contribution is 2.44. The Morgan fingerprint density at radius 1 is 1.00 bits per heavy atom. The number of nitrogens with one attached hydrogen (secondary N) is 1. The van der Waals surface area contributed by atoms with Gasteiger partial charge in [0.15, 0.2) is 0 Å². The van der Waals surface area contributed by atoms with Crippen LogP contribution in [0.3, 0.4) is 0 Å². The number of hydrogen-bond donors (Lipinski definition) is 1. The lowest BCUT2D eigenvalue weighted by Gasteiger charge is -2.31. The average Bonchev–Trinajstić information content (AvgIpc) is 3.48. The summed E-state index contributed by atoms with van der Waals surface area (Å²) in [5.41, 5.74) is 5.66. The fraction of sp³-hybridized carbons (Fsp3) is 0.276. The average molecular weight is 484 g/mol. The Bertz CT molecular complexity index is 1360. The number of hydrogen-bond acceptors (Lipinski definition) is 3. The normalized spacial score (nSPS) is 16.6. The zero-order chi connectivity index (χ0) is 23.8. The zero-order valence-electron chi connectivity index (χ0n) is 19.9. The second-order valence-electron chi connectivity index (χ2n) is 9.10. The molecule has 2 aliphatic rings. The molecule has 6 heteroatoms. The molecule has 0 radical (unpaired) electrons. The SMILES string of the molecule is CCOc1ccccc1NC(=O)N1Cc2c(sc3c2CCCC3)-n2cccc2[C@H]1c1ccccc1. The molecule has 35 heavy (non-hydrogen) atoms. The number of ether oxygens (including phenoxy) is 1. The van der Waals surface area contributed by atoms with Gasteiger partial charge in [-0.3, -0.25) is 0 Å². The van der Waals surface area contributed by atoms with Gasteiger partial charge in [0.1, 0.15) is 10.8 Å². The van der Waals surface area contributed by atoms with E-state index in [0.717, 1.165) is 24.1 Å². The first-order chi connectivity index (χ1) is 17.2. The minimum absolute atomic E-state index is 0.123. The summed E-state index contributed by atoms with van der Waals surface area (Å²) in [6.45, 7) is 3.07. The number of aryl methyl sites for hydroxylation is 1. The first kappa shape index (κ1) is 22.0. The Balaban J connectivity index is 1.47. The molecule has 5 nitrogen and oxygen atoms in total. The minimum Gasteiger partial charge on any atom is -0.492 e. The first-order valence-corrected chi connectivity index (χ1v) is 13.2. The van der Waals surface area contributed by atoms with Crippen molar-refractivity contribution >= 4 is 23.1 Å². The Labute approximate surface area is 210 Å². The summed E-state index contributed by atoms with van der Waals surface area (Å²) in [4.78, 5) is 17.5. The number of nitrogens with zero attached hydrogens (tertiary/aromatic N) is 2. The van der Waals surface area contributed by atoms with E-state index in [0.29, 0.717) is 24.6 Å². The highest BCUT2D eigenvalue weighted by atomic mass is 32.1. The van der Waals surface area contributed by atoms with Crippen molar-refractivity contribution in [2.45, 2.75) is 45.2 Å². The number of rotatable bonds is 4. The standard InChI is InChI=1S/C29H29N3O2S/c1-2-34-25-16-8-7-14-23(25)30-29(33)32-19-22-21-13-6-9-17-26(21)35-28(22)31-18-10-15-24(31)27(32)20-11-4-3-5-12-20/h3-5,7-8,10-12,14-16,18,27H,2,6,9,13,17,19H2,1H3,(H,30,33)/t27-/m1/s1. The molecule has 1 N–H and O–H groups in total. The lowest BCUT2D eigenvalue weighted by atomic mass is 9.95. The van der Waals surface area contributed by atoms with Gasteiger partial charge in [0.05, 0.1) is 30.6 Å². The number of para-hydroxylation sites is 2. The number of anilines is 1. The van der Waals surface area contributed by atoms with Crippen LogP contribution in [-0.4, -0.2) is 22.1 Å². The van der Waals surface area contributed by atoms with Crippen molar-refractivity contribution in [3.05, 3.63) is 100 Å². The van der Waals surface area contributed by atoms with E-state index in [1.807, 2.05) is 65.6 Å². The molecular weight excluding hydrogens is 454 g/mol. The zero-order valence-corrected chi connectivity index (χ0v) is 20.7. The second kappa shape index (κ2) is 9.27. The van der Waals surface area contributed by atoms with Crippen LogP contribution < -0.4 is 10.1 Å². The number of carbonyl (C=O) groups is 1.